The number of ether oxygens (including phenoxy) is 1. The van der Waals surface area contributed by atoms with Gasteiger partial charge in [-0.15, -0.1) is 0 Å². The van der Waals surface area contributed by atoms with E-state index >= 15 is 0 Å². The third-order valence-electron chi connectivity index (χ3n) is 3.93. The molecule has 7 nitrogen and oxygen atoms in total. The van der Waals surface area contributed by atoms with Gasteiger partial charge in [0, 0.05) is 20.0 Å². The zero-order valence-electron chi connectivity index (χ0n) is 15.2. The van der Waals surface area contributed by atoms with Gasteiger partial charge in [0.1, 0.15) is 11.8 Å². The van der Waals surface area contributed by atoms with Gasteiger partial charge in [-0.1, -0.05) is 6.07 Å². The second kappa shape index (κ2) is 9.66. The molecular weight excluding hydrogens is 324 g/mol. The summed E-state index contributed by atoms with van der Waals surface area (Å²) >= 11 is 0. The van der Waals surface area contributed by atoms with Crippen LogP contribution in [0.2, 0.25) is 0 Å². The number of nitrogens with one attached hydrogen (secondary N) is 1. The van der Waals surface area contributed by atoms with Crippen LogP contribution in [0.15, 0.2) is 18.2 Å². The van der Waals surface area contributed by atoms with Crippen LogP contribution in [0.3, 0.4) is 0 Å². The number of amides is 2. The number of aliphatic carboxylic acids is 1. The Balaban J connectivity index is 2.59. The Morgan fingerprint density at radius 1 is 1.24 bits per heavy atom. The quantitative estimate of drug-likeness (QED) is 0.704. The molecule has 0 aromatic heterocycles. The first-order chi connectivity index (χ1) is 11.7. The van der Waals surface area contributed by atoms with Crippen molar-refractivity contribution in [2.24, 2.45) is 0 Å². The van der Waals surface area contributed by atoms with Crippen molar-refractivity contribution in [1.29, 1.82) is 0 Å². The molecule has 0 aliphatic rings. The first-order valence-electron chi connectivity index (χ1n) is 8.19. The molecule has 0 saturated carbocycles. The molecule has 0 bridgehead atoms. The van der Waals surface area contributed by atoms with E-state index in [4.69, 9.17) is 9.84 Å². The molecule has 1 unspecified atom stereocenters. The predicted molar refractivity (Wildman–Crippen MR) is 93.5 cm³/mol. The van der Waals surface area contributed by atoms with E-state index in [2.05, 4.69) is 5.32 Å². The van der Waals surface area contributed by atoms with Crippen molar-refractivity contribution in [2.75, 3.05) is 19.7 Å². The van der Waals surface area contributed by atoms with Gasteiger partial charge in [-0.3, -0.25) is 9.59 Å². The second-order valence-electron chi connectivity index (χ2n) is 5.93. The highest BCUT2D eigenvalue weighted by Gasteiger charge is 2.25. The zero-order chi connectivity index (χ0) is 19.0. The van der Waals surface area contributed by atoms with Crippen molar-refractivity contribution < 1.29 is 24.2 Å². The van der Waals surface area contributed by atoms with Crippen molar-refractivity contribution in [3.05, 3.63) is 29.3 Å². The van der Waals surface area contributed by atoms with Crippen molar-refractivity contribution in [3.8, 4) is 5.75 Å². The lowest BCUT2D eigenvalue weighted by molar-refractivity contribution is -0.149. The van der Waals surface area contributed by atoms with Crippen LogP contribution in [-0.4, -0.2) is 53.5 Å². The fourth-order valence-electron chi connectivity index (χ4n) is 2.22. The Bertz CT molecular complexity index is 630. The van der Waals surface area contributed by atoms with E-state index in [1.54, 1.807) is 0 Å². The van der Waals surface area contributed by atoms with Crippen LogP contribution in [0.1, 0.15) is 31.4 Å². The number of rotatable bonds is 9. The van der Waals surface area contributed by atoms with Crippen LogP contribution in [0.4, 0.5) is 0 Å². The monoisotopic (exact) mass is 350 g/mol. The topological polar surface area (TPSA) is 95.9 Å². The normalized spacial score (nSPS) is 11.5. The second-order valence-corrected chi connectivity index (χ2v) is 5.93. The maximum Gasteiger partial charge on any atom is 0.326 e. The highest BCUT2D eigenvalue weighted by Crippen LogP contribution is 2.16. The third-order valence-corrected chi connectivity index (χ3v) is 3.93. The molecule has 1 aromatic carbocycles. The molecule has 2 N–H and O–H groups in total. The number of carbonyl (C=O) groups is 3. The summed E-state index contributed by atoms with van der Waals surface area (Å²) in [6.07, 6.45) is 0.0601. The Labute approximate surface area is 148 Å². The molecular formula is C18H26N2O5. The van der Waals surface area contributed by atoms with Gasteiger partial charge in [-0.25, -0.2) is 4.79 Å². The molecule has 1 aromatic rings. The average Bonchev–Trinajstić information content (AvgIpc) is 2.53. The molecule has 0 aliphatic heterocycles. The maximum absolute atomic E-state index is 12.3. The molecule has 0 heterocycles. The number of carboxylic acid groups (broad SMARTS) is 1. The number of hydrogen-bond acceptors (Lipinski definition) is 4. The van der Waals surface area contributed by atoms with Crippen LogP contribution in [0.25, 0.3) is 0 Å². The number of hydrogen-bond donors (Lipinski definition) is 2. The van der Waals surface area contributed by atoms with Gasteiger partial charge in [0.15, 0.2) is 0 Å². The molecule has 1 atom stereocenters. The molecule has 2 amide bonds. The first kappa shape index (κ1) is 20.5. The van der Waals surface area contributed by atoms with Crippen molar-refractivity contribution in [1.82, 2.24) is 10.2 Å². The van der Waals surface area contributed by atoms with E-state index in [0.717, 1.165) is 11.1 Å². The van der Waals surface area contributed by atoms with E-state index in [-0.39, 0.29) is 37.9 Å². The highest BCUT2D eigenvalue weighted by molar-refractivity contribution is 5.83. The van der Waals surface area contributed by atoms with E-state index in [0.29, 0.717) is 5.75 Å². The predicted octanol–water partition coefficient (Wildman–Crippen LogP) is 1.51. The number of aryl methyl sites for hydroxylation is 2. The van der Waals surface area contributed by atoms with Crippen molar-refractivity contribution >= 4 is 17.8 Å². The largest absolute Gasteiger partial charge is 0.493 e. The fourth-order valence-corrected chi connectivity index (χ4v) is 2.22. The summed E-state index contributed by atoms with van der Waals surface area (Å²) in [5.74, 6) is -0.976. The molecule has 0 aliphatic carbocycles. The van der Waals surface area contributed by atoms with Crippen molar-refractivity contribution in [3.63, 3.8) is 0 Å². The fraction of sp³-hybridized carbons (Fsp3) is 0.500. The lowest BCUT2D eigenvalue weighted by Crippen LogP contribution is -2.47. The summed E-state index contributed by atoms with van der Waals surface area (Å²) in [5, 5.41) is 11.7. The van der Waals surface area contributed by atoms with E-state index in [1.807, 2.05) is 32.0 Å². The van der Waals surface area contributed by atoms with E-state index in [1.165, 1.54) is 18.7 Å². The Hall–Kier alpha value is -2.57. The minimum Gasteiger partial charge on any atom is -0.493 e. The molecule has 7 heteroatoms. The molecule has 25 heavy (non-hydrogen) atoms. The SMILES string of the molecule is CC(=O)NCCN(C(=O)CCOc1ccc(C)c(C)c1)C(C)C(=O)O. The summed E-state index contributed by atoms with van der Waals surface area (Å²) in [6.45, 7) is 7.29. The summed E-state index contributed by atoms with van der Waals surface area (Å²) in [4.78, 5) is 35.7. The van der Waals surface area contributed by atoms with Crippen molar-refractivity contribution in [2.45, 2.75) is 40.2 Å². The number of benzene rings is 1. The van der Waals surface area contributed by atoms with Gasteiger partial charge in [0.2, 0.25) is 11.8 Å². The van der Waals surface area contributed by atoms with Crippen LogP contribution >= 0.6 is 0 Å². The summed E-state index contributed by atoms with van der Waals surface area (Å²) in [5.41, 5.74) is 2.25. The number of carboxylic acids is 1. The van der Waals surface area contributed by atoms with Crippen LogP contribution in [0.5, 0.6) is 5.75 Å². The lowest BCUT2D eigenvalue weighted by atomic mass is 10.1. The summed E-state index contributed by atoms with van der Waals surface area (Å²) in [6, 6.07) is 4.71. The molecule has 138 valence electrons. The van der Waals surface area contributed by atoms with Crippen LogP contribution < -0.4 is 10.1 Å². The van der Waals surface area contributed by atoms with Crippen LogP contribution in [0, 0.1) is 13.8 Å². The minimum absolute atomic E-state index is 0.0601. The van der Waals surface area contributed by atoms with E-state index in [9.17, 15) is 14.4 Å². The van der Waals surface area contributed by atoms with Gasteiger partial charge in [0.05, 0.1) is 13.0 Å². The third kappa shape index (κ3) is 6.82. The van der Waals surface area contributed by atoms with Crippen LogP contribution in [-0.2, 0) is 14.4 Å². The van der Waals surface area contributed by atoms with Gasteiger partial charge in [-0.2, -0.15) is 0 Å². The van der Waals surface area contributed by atoms with E-state index < -0.39 is 12.0 Å². The number of nitrogens with zero attached hydrogens (tertiary/aromatic N) is 1. The minimum atomic E-state index is -1.09. The Morgan fingerprint density at radius 3 is 2.48 bits per heavy atom. The molecule has 0 fully saturated rings. The number of carbonyl (C=O) groups excluding carboxylic acids is 2. The zero-order valence-corrected chi connectivity index (χ0v) is 15.2. The molecule has 0 spiro atoms. The molecule has 1 rings (SSSR count). The standard InChI is InChI=1S/C18H26N2O5/c1-12-5-6-16(11-13(12)2)25-10-7-17(22)20(14(3)18(23)24)9-8-19-15(4)21/h5-6,11,14H,7-10H2,1-4H3,(H,19,21)(H,23,24). The average molecular weight is 350 g/mol. The smallest absolute Gasteiger partial charge is 0.326 e. The Kier molecular flexibility index (Phi) is 7.91. The first-order valence-corrected chi connectivity index (χ1v) is 8.19. The highest BCUT2D eigenvalue weighted by atomic mass is 16.5. The summed E-state index contributed by atoms with van der Waals surface area (Å²) < 4.78 is 5.58. The molecule has 0 radical (unpaired) electrons. The van der Waals surface area contributed by atoms with Gasteiger partial charge in [-0.05, 0) is 44.0 Å². The van der Waals surface area contributed by atoms with Gasteiger partial charge < -0.3 is 20.1 Å². The summed E-state index contributed by atoms with van der Waals surface area (Å²) in [7, 11) is 0. The maximum atomic E-state index is 12.3. The van der Waals surface area contributed by atoms with Gasteiger partial charge in [0.25, 0.3) is 0 Å². The molecule has 0 saturated heterocycles. The Morgan fingerprint density at radius 2 is 1.92 bits per heavy atom. The lowest BCUT2D eigenvalue weighted by Gasteiger charge is -2.26. The van der Waals surface area contributed by atoms with Gasteiger partial charge >= 0.3 is 5.97 Å².